The van der Waals surface area contributed by atoms with Crippen LogP contribution >= 0.6 is 0 Å². The van der Waals surface area contributed by atoms with Crippen LogP contribution in [0.15, 0.2) is 169 Å². The highest BCUT2D eigenvalue weighted by Gasteiger charge is 2.55. The van der Waals surface area contributed by atoms with Crippen LogP contribution in [-0.2, 0) is 13.6 Å². The second-order valence-electron chi connectivity index (χ2n) is 19.8. The number of rotatable bonds is 11. The fourth-order valence-corrected chi connectivity index (χ4v) is 20.8. The molecule has 4 aromatic rings. The van der Waals surface area contributed by atoms with E-state index in [9.17, 15) is 4.79 Å². The highest BCUT2D eigenvalue weighted by atomic mass is 28.4. The number of carbonyl (C=O) groups is 1. The topological polar surface area (TPSA) is 35.5 Å². The molecule has 5 heteroatoms. The minimum absolute atomic E-state index is 0.0635. The molecule has 0 heterocycles. The van der Waals surface area contributed by atoms with E-state index in [4.69, 9.17) is 15.4 Å². The Morgan fingerprint density at radius 2 is 1.15 bits per heavy atom. The Morgan fingerprint density at radius 3 is 1.59 bits per heavy atom. The SMILES string of the molecule is C=C1C(=CC=C2CCC[C@]3(C)[C@@H](C(=C)C=O)CC[C@@H]23)C[C@@H](O[Si](c2ccccc2)(c2ccccc2)C(C)(C)C)C[C@@H]1O[Si](c1ccccc1)(c1ccccc1)C(C)(C)C. The molecular formula is C54H66O3Si2. The van der Waals surface area contributed by atoms with Crippen LogP contribution in [0.5, 0.6) is 0 Å². The van der Waals surface area contributed by atoms with E-state index in [1.807, 2.05) is 0 Å². The van der Waals surface area contributed by atoms with Gasteiger partial charge in [-0.1, -0.05) is 201 Å². The fraction of sp³-hybridized carbons (Fsp3) is 0.389. The zero-order valence-electron chi connectivity index (χ0n) is 36.7. The molecule has 3 aliphatic rings. The van der Waals surface area contributed by atoms with Gasteiger partial charge in [-0.05, 0) is 103 Å². The summed E-state index contributed by atoms with van der Waals surface area (Å²) in [6.45, 7) is 25.7. The summed E-state index contributed by atoms with van der Waals surface area (Å²) in [6.07, 6.45) is 12.4. The average molecular weight is 819 g/mol. The smallest absolute Gasteiger partial charge is 0.261 e. The van der Waals surface area contributed by atoms with E-state index < -0.39 is 16.6 Å². The molecule has 0 aromatic heterocycles. The van der Waals surface area contributed by atoms with Gasteiger partial charge in [0.25, 0.3) is 16.6 Å². The number of allylic oxidation sites excluding steroid dienone is 4. The van der Waals surface area contributed by atoms with Crippen LogP contribution in [-0.4, -0.2) is 35.1 Å². The third kappa shape index (κ3) is 7.97. The first-order valence-electron chi connectivity index (χ1n) is 22.0. The van der Waals surface area contributed by atoms with Gasteiger partial charge in [0.1, 0.15) is 6.29 Å². The lowest BCUT2D eigenvalue weighted by atomic mass is 9.62. The number of hydrogen-bond acceptors (Lipinski definition) is 3. The van der Waals surface area contributed by atoms with E-state index in [0.29, 0.717) is 5.92 Å². The lowest BCUT2D eigenvalue weighted by Gasteiger charge is -2.49. The van der Waals surface area contributed by atoms with Crippen molar-refractivity contribution in [3.63, 3.8) is 0 Å². The van der Waals surface area contributed by atoms with Crippen LogP contribution in [0.3, 0.4) is 0 Å². The third-order valence-electron chi connectivity index (χ3n) is 14.3. The summed E-state index contributed by atoms with van der Waals surface area (Å²) >= 11 is 0. The molecule has 7 rings (SSSR count). The van der Waals surface area contributed by atoms with Gasteiger partial charge in [0.05, 0.1) is 12.2 Å². The molecule has 0 bridgehead atoms. The van der Waals surface area contributed by atoms with Crippen LogP contribution in [0.2, 0.25) is 10.1 Å². The maximum atomic E-state index is 12.0. The van der Waals surface area contributed by atoms with Crippen molar-refractivity contribution in [2.24, 2.45) is 17.3 Å². The van der Waals surface area contributed by atoms with Gasteiger partial charge >= 0.3 is 0 Å². The lowest BCUT2D eigenvalue weighted by molar-refractivity contribution is -0.105. The van der Waals surface area contributed by atoms with Gasteiger partial charge in [0.2, 0.25) is 0 Å². The van der Waals surface area contributed by atoms with Crippen LogP contribution in [0, 0.1) is 17.3 Å². The Morgan fingerprint density at radius 1 is 0.695 bits per heavy atom. The van der Waals surface area contributed by atoms with Crippen LogP contribution in [0.4, 0.5) is 0 Å². The van der Waals surface area contributed by atoms with Crippen molar-refractivity contribution in [3.05, 3.63) is 169 Å². The van der Waals surface area contributed by atoms with Gasteiger partial charge in [-0.25, -0.2) is 0 Å². The molecule has 0 saturated heterocycles. The Kier molecular flexibility index (Phi) is 12.4. The summed E-state index contributed by atoms with van der Waals surface area (Å²) in [4.78, 5) is 12.0. The quantitative estimate of drug-likeness (QED) is 0.0859. The van der Waals surface area contributed by atoms with Gasteiger partial charge < -0.3 is 8.85 Å². The van der Waals surface area contributed by atoms with Crippen LogP contribution < -0.4 is 20.7 Å². The van der Waals surface area contributed by atoms with Gasteiger partial charge in [-0.2, -0.15) is 0 Å². The van der Waals surface area contributed by atoms with Gasteiger partial charge in [0.15, 0.2) is 0 Å². The molecule has 59 heavy (non-hydrogen) atoms. The van der Waals surface area contributed by atoms with E-state index in [0.717, 1.165) is 62.4 Å². The van der Waals surface area contributed by atoms with Crippen molar-refractivity contribution in [2.75, 3.05) is 0 Å². The monoisotopic (exact) mass is 818 g/mol. The number of hydrogen-bond donors (Lipinski definition) is 0. The standard InChI is InChI=1S/C54H66O3Si2/c1-40(39-55)49-34-35-50-42(23-22-36-54(49,50)9)32-33-43-37-44(56-58(52(3,4)5,45-24-14-10-15-25-45)46-26-16-11-17-27-46)38-51(41(43)2)57-59(53(6,7)8,47-28-18-12-19-29-47)48-30-20-13-21-31-48/h10-21,24-33,39,44,49-51H,1-2,22-23,34-38H2,3-9H3/t44-,49-,50+,51+,54-/m1/s1. The van der Waals surface area contributed by atoms with E-state index in [1.54, 1.807) is 0 Å². The van der Waals surface area contributed by atoms with Gasteiger partial charge in [-0.15, -0.1) is 0 Å². The predicted octanol–water partition coefficient (Wildman–Crippen LogP) is 11.1. The highest BCUT2D eigenvalue weighted by Crippen LogP contribution is 2.59. The molecule has 0 aliphatic heterocycles. The van der Waals surface area contributed by atoms with Crippen molar-refractivity contribution >= 4 is 43.7 Å². The normalized spacial score (nSPS) is 25.5. The van der Waals surface area contributed by atoms with E-state index >= 15 is 0 Å². The molecule has 0 radical (unpaired) electrons. The predicted molar refractivity (Wildman–Crippen MR) is 253 cm³/mol. The second kappa shape index (κ2) is 17.1. The second-order valence-corrected chi connectivity index (χ2v) is 28.3. The molecule has 4 aromatic carbocycles. The number of benzene rings is 4. The average Bonchev–Trinajstić information content (AvgIpc) is 3.59. The van der Waals surface area contributed by atoms with E-state index in [1.165, 1.54) is 31.9 Å². The van der Waals surface area contributed by atoms with Crippen LogP contribution in [0.25, 0.3) is 0 Å². The molecule has 3 fully saturated rings. The number of carbonyl (C=O) groups excluding carboxylic acids is 1. The minimum Gasteiger partial charge on any atom is -0.404 e. The lowest BCUT2D eigenvalue weighted by Crippen LogP contribution is -2.69. The zero-order valence-corrected chi connectivity index (χ0v) is 38.7. The number of aldehydes is 1. The van der Waals surface area contributed by atoms with Gasteiger partial charge in [0, 0.05) is 6.42 Å². The summed E-state index contributed by atoms with van der Waals surface area (Å²) in [5.74, 6) is 0.694. The van der Waals surface area contributed by atoms with E-state index in [2.05, 4.69) is 189 Å². The molecule has 308 valence electrons. The molecule has 0 spiro atoms. The van der Waals surface area contributed by atoms with Crippen LogP contribution in [0.1, 0.15) is 93.4 Å². The maximum Gasteiger partial charge on any atom is 0.261 e. The largest absolute Gasteiger partial charge is 0.404 e. The summed E-state index contributed by atoms with van der Waals surface area (Å²) in [5.41, 5.74) is 4.61. The fourth-order valence-electron chi connectivity index (χ4n) is 11.4. The number of fused-ring (bicyclic) bond motifs is 1. The summed E-state index contributed by atoms with van der Waals surface area (Å²) in [7, 11) is -5.85. The van der Waals surface area contributed by atoms with E-state index in [-0.39, 0.29) is 33.6 Å². The Labute approximate surface area is 357 Å². The first kappa shape index (κ1) is 43.0. The molecule has 0 amide bonds. The summed E-state index contributed by atoms with van der Waals surface area (Å²) in [5, 5.41) is 4.75. The minimum atomic E-state index is -2.95. The van der Waals surface area contributed by atoms with Crippen molar-refractivity contribution in [1.29, 1.82) is 0 Å². The third-order valence-corrected chi connectivity index (χ3v) is 24.4. The van der Waals surface area contributed by atoms with Crippen molar-refractivity contribution in [3.8, 4) is 0 Å². The Bertz CT molecular complexity index is 2080. The maximum absolute atomic E-state index is 12.0. The first-order valence-corrected chi connectivity index (χ1v) is 25.8. The first-order chi connectivity index (χ1) is 28.2. The molecule has 0 N–H and O–H groups in total. The zero-order chi connectivity index (χ0) is 42.1. The summed E-state index contributed by atoms with van der Waals surface area (Å²) < 4.78 is 16.0. The van der Waals surface area contributed by atoms with Crippen molar-refractivity contribution < 1.29 is 13.6 Å². The molecule has 3 aliphatic carbocycles. The van der Waals surface area contributed by atoms with Crippen molar-refractivity contribution in [2.45, 2.75) is 116 Å². The van der Waals surface area contributed by atoms with Crippen molar-refractivity contribution in [1.82, 2.24) is 0 Å². The molecule has 0 unspecified atom stereocenters. The highest BCUT2D eigenvalue weighted by molar-refractivity contribution is 7.00. The Balaban J connectivity index is 1.37. The Hall–Kier alpha value is -4.14. The molecule has 3 saturated carbocycles. The molecule has 5 atom stereocenters. The molecular weight excluding hydrogens is 753 g/mol. The molecule has 3 nitrogen and oxygen atoms in total. The summed E-state index contributed by atoms with van der Waals surface area (Å²) in [6, 6.07) is 44.0. The van der Waals surface area contributed by atoms with Gasteiger partial charge in [-0.3, -0.25) is 4.79 Å².